The largest absolute Gasteiger partial charge is 0.352 e. The Morgan fingerprint density at radius 2 is 2.06 bits per heavy atom. The molecule has 18 heavy (non-hydrogen) atoms. The summed E-state index contributed by atoms with van der Waals surface area (Å²) in [6.45, 7) is 3.68. The summed E-state index contributed by atoms with van der Waals surface area (Å²) in [5.74, 6) is 0.0922. The summed E-state index contributed by atoms with van der Waals surface area (Å²) < 4.78 is 1.96. The Hall–Kier alpha value is -1.68. The molecule has 0 radical (unpaired) electrons. The second kappa shape index (κ2) is 3.92. The molecule has 2 aromatic rings. The molecule has 0 atom stereocenters. The van der Waals surface area contributed by atoms with Gasteiger partial charge in [-0.15, -0.1) is 0 Å². The van der Waals surface area contributed by atoms with Crippen LogP contribution in [0.5, 0.6) is 0 Å². The average Bonchev–Trinajstić information content (AvgIpc) is 2.64. The van der Waals surface area contributed by atoms with Crippen LogP contribution in [0.15, 0.2) is 34.2 Å². The van der Waals surface area contributed by atoms with Gasteiger partial charge < -0.3 is 9.88 Å². The molecule has 92 valence electrons. The maximum atomic E-state index is 11.6. The van der Waals surface area contributed by atoms with Crippen molar-refractivity contribution in [3.05, 3.63) is 35.5 Å². The molecule has 1 N–H and O–H groups in total. The number of benzene rings is 1. The molecule has 0 unspecified atom stereocenters. The van der Waals surface area contributed by atoms with Crippen molar-refractivity contribution in [1.82, 2.24) is 4.57 Å². The number of aromatic nitrogens is 1. The number of hydrogen-bond acceptors (Lipinski definition) is 3. The highest BCUT2D eigenvalue weighted by atomic mass is 32.2. The number of rotatable bonds is 1. The smallest absolute Gasteiger partial charge is 0.176 e. The van der Waals surface area contributed by atoms with Crippen molar-refractivity contribution >= 4 is 28.9 Å². The van der Waals surface area contributed by atoms with E-state index >= 15 is 0 Å². The monoisotopic (exact) mass is 258 g/mol. The predicted molar refractivity (Wildman–Crippen MR) is 74.0 cm³/mol. The molecule has 3 nitrogen and oxygen atoms in total. The van der Waals surface area contributed by atoms with Gasteiger partial charge in [0, 0.05) is 18.9 Å². The maximum Gasteiger partial charge on any atom is 0.176 e. The summed E-state index contributed by atoms with van der Waals surface area (Å²) in [5.41, 5.74) is 4.11. The van der Waals surface area contributed by atoms with Gasteiger partial charge in [0.05, 0.1) is 17.1 Å². The number of fused-ring (bicyclic) bond motifs is 2. The number of nitrogens with zero attached hydrogens (tertiary/aromatic N) is 1. The van der Waals surface area contributed by atoms with Gasteiger partial charge in [-0.2, -0.15) is 0 Å². The number of ketones is 1. The third kappa shape index (κ3) is 1.64. The fourth-order valence-electron chi connectivity index (χ4n) is 2.22. The minimum Gasteiger partial charge on any atom is -0.352 e. The van der Waals surface area contributed by atoms with E-state index in [0.717, 1.165) is 22.1 Å². The molecule has 2 heterocycles. The van der Waals surface area contributed by atoms with Crippen molar-refractivity contribution in [3.63, 3.8) is 0 Å². The highest BCUT2D eigenvalue weighted by molar-refractivity contribution is 7.99. The van der Waals surface area contributed by atoms with Crippen molar-refractivity contribution < 1.29 is 4.79 Å². The van der Waals surface area contributed by atoms with Crippen LogP contribution < -0.4 is 5.32 Å². The average molecular weight is 258 g/mol. The number of hydrogen-bond donors (Lipinski definition) is 1. The van der Waals surface area contributed by atoms with E-state index in [9.17, 15) is 4.79 Å². The summed E-state index contributed by atoms with van der Waals surface area (Å²) >= 11 is 1.70. The number of carbonyl (C=O) groups is 1. The first kappa shape index (κ1) is 11.4. The van der Waals surface area contributed by atoms with Crippen LogP contribution in [-0.2, 0) is 7.05 Å². The highest BCUT2D eigenvalue weighted by Crippen LogP contribution is 2.45. The topological polar surface area (TPSA) is 34.0 Å². The molecule has 1 aromatic heterocycles. The molecule has 0 amide bonds. The van der Waals surface area contributed by atoms with Gasteiger partial charge in [-0.3, -0.25) is 4.79 Å². The fraction of sp³-hybridized carbons (Fsp3) is 0.214. The first-order chi connectivity index (χ1) is 8.56. The van der Waals surface area contributed by atoms with Crippen LogP contribution in [-0.4, -0.2) is 10.4 Å². The van der Waals surface area contributed by atoms with Gasteiger partial charge in [0.1, 0.15) is 5.03 Å². The van der Waals surface area contributed by atoms with Gasteiger partial charge in [-0.1, -0.05) is 17.8 Å². The Morgan fingerprint density at radius 3 is 2.78 bits per heavy atom. The zero-order valence-corrected chi connectivity index (χ0v) is 11.4. The van der Waals surface area contributed by atoms with E-state index in [1.54, 1.807) is 18.7 Å². The van der Waals surface area contributed by atoms with Crippen LogP contribution in [0.2, 0.25) is 0 Å². The number of anilines is 2. The molecule has 0 fully saturated rings. The first-order valence-corrected chi connectivity index (χ1v) is 6.64. The summed E-state index contributed by atoms with van der Waals surface area (Å²) in [6.07, 6.45) is 0. The van der Waals surface area contributed by atoms with E-state index < -0.39 is 0 Å². The van der Waals surface area contributed by atoms with E-state index in [2.05, 4.69) is 30.4 Å². The van der Waals surface area contributed by atoms with Crippen molar-refractivity contribution in [2.75, 3.05) is 5.32 Å². The van der Waals surface area contributed by atoms with E-state index in [4.69, 9.17) is 0 Å². The zero-order valence-electron chi connectivity index (χ0n) is 10.6. The summed E-state index contributed by atoms with van der Waals surface area (Å²) in [7, 11) is 1.93. The molecule has 0 saturated carbocycles. The summed E-state index contributed by atoms with van der Waals surface area (Å²) in [4.78, 5) is 12.8. The Balaban J connectivity index is 2.11. The first-order valence-electron chi connectivity index (χ1n) is 5.82. The predicted octanol–water partition coefficient (Wildman–Crippen LogP) is 3.74. The summed E-state index contributed by atoms with van der Waals surface area (Å²) in [5, 5.41) is 4.50. The second-order valence-electron chi connectivity index (χ2n) is 4.59. The molecule has 0 aliphatic carbocycles. The van der Waals surface area contributed by atoms with Crippen LogP contribution in [0.4, 0.5) is 11.4 Å². The lowest BCUT2D eigenvalue weighted by atomic mass is 10.2. The van der Waals surface area contributed by atoms with Gasteiger partial charge in [-0.25, -0.2) is 0 Å². The van der Waals surface area contributed by atoms with Crippen LogP contribution >= 0.6 is 11.8 Å². The number of Topliss-reactive ketones (excluding diaryl/α,β-unsaturated/α-hetero) is 1. The quantitative estimate of drug-likeness (QED) is 0.675. The number of nitrogens with one attached hydrogen (secondary N) is 1. The molecule has 0 saturated heterocycles. The molecular weight excluding hydrogens is 244 g/mol. The lowest BCUT2D eigenvalue weighted by Crippen LogP contribution is -2.04. The standard InChI is InChI=1S/C14H14N2OS/c1-8-4-5-13-10(6-8)15-11-7-12(9(2)17)16(3)14(11)18-13/h4-7,15H,1-3H3. The highest BCUT2D eigenvalue weighted by Gasteiger charge is 2.22. The van der Waals surface area contributed by atoms with Crippen LogP contribution in [0.1, 0.15) is 23.0 Å². The molecule has 3 rings (SSSR count). The molecule has 0 spiro atoms. The van der Waals surface area contributed by atoms with Gasteiger partial charge in [0.2, 0.25) is 0 Å². The van der Waals surface area contributed by atoms with Crippen molar-refractivity contribution in [1.29, 1.82) is 0 Å². The second-order valence-corrected chi connectivity index (χ2v) is 5.62. The molecule has 0 bridgehead atoms. The Bertz CT molecular complexity index is 658. The minimum absolute atomic E-state index is 0.0922. The van der Waals surface area contributed by atoms with Gasteiger partial charge in [0.15, 0.2) is 5.78 Å². The van der Waals surface area contributed by atoms with E-state index in [1.165, 1.54) is 10.5 Å². The van der Waals surface area contributed by atoms with Gasteiger partial charge in [-0.05, 0) is 30.7 Å². The third-order valence-electron chi connectivity index (χ3n) is 3.15. The molecule has 1 aliphatic heterocycles. The normalized spacial score (nSPS) is 12.6. The van der Waals surface area contributed by atoms with Gasteiger partial charge >= 0.3 is 0 Å². The Kier molecular flexibility index (Phi) is 2.48. The minimum atomic E-state index is 0.0922. The van der Waals surface area contributed by atoms with E-state index in [-0.39, 0.29) is 5.78 Å². The zero-order chi connectivity index (χ0) is 12.9. The molecule has 1 aliphatic rings. The Labute approximate surface area is 110 Å². The van der Waals surface area contributed by atoms with Crippen LogP contribution in [0.3, 0.4) is 0 Å². The molecule has 4 heteroatoms. The van der Waals surface area contributed by atoms with E-state index in [0.29, 0.717) is 0 Å². The SMILES string of the molecule is CC(=O)c1cc2c(n1C)Sc1ccc(C)cc1N2. The summed E-state index contributed by atoms with van der Waals surface area (Å²) in [6, 6.07) is 8.28. The van der Waals surface area contributed by atoms with Crippen molar-refractivity contribution in [3.8, 4) is 0 Å². The lowest BCUT2D eigenvalue weighted by molar-refractivity contribution is 0.100. The fourth-order valence-corrected chi connectivity index (χ4v) is 3.24. The number of aryl methyl sites for hydroxylation is 1. The third-order valence-corrected chi connectivity index (χ3v) is 4.41. The van der Waals surface area contributed by atoms with Crippen molar-refractivity contribution in [2.24, 2.45) is 7.05 Å². The maximum absolute atomic E-state index is 11.6. The Morgan fingerprint density at radius 1 is 1.28 bits per heavy atom. The van der Waals surface area contributed by atoms with Crippen LogP contribution in [0.25, 0.3) is 0 Å². The lowest BCUT2D eigenvalue weighted by Gasteiger charge is -2.19. The van der Waals surface area contributed by atoms with Gasteiger partial charge in [0.25, 0.3) is 0 Å². The van der Waals surface area contributed by atoms with Crippen LogP contribution in [0, 0.1) is 6.92 Å². The molecule has 1 aromatic carbocycles. The molecular formula is C14H14N2OS. The van der Waals surface area contributed by atoms with Crippen molar-refractivity contribution in [2.45, 2.75) is 23.8 Å². The number of carbonyl (C=O) groups excluding carboxylic acids is 1. The van der Waals surface area contributed by atoms with E-state index in [1.807, 2.05) is 17.7 Å².